The molecule has 34 heavy (non-hydrogen) atoms. The zero-order chi connectivity index (χ0) is 23.4. The van der Waals surface area contributed by atoms with Gasteiger partial charge in [-0.3, -0.25) is 14.2 Å². The van der Waals surface area contributed by atoms with E-state index in [4.69, 9.17) is 9.72 Å². The summed E-state index contributed by atoms with van der Waals surface area (Å²) in [4.78, 5) is 39.4. The average molecular weight is 459 g/mol. The van der Waals surface area contributed by atoms with Crippen LogP contribution in [0.3, 0.4) is 0 Å². The first-order chi connectivity index (χ1) is 16.5. The Morgan fingerprint density at radius 3 is 2.76 bits per heavy atom. The number of ether oxygens (including phenoxy) is 1. The summed E-state index contributed by atoms with van der Waals surface area (Å²) in [5.41, 5.74) is 3.63. The Morgan fingerprint density at radius 2 is 2.06 bits per heavy atom. The van der Waals surface area contributed by atoms with Gasteiger partial charge in [-0.1, -0.05) is 18.7 Å². The fraction of sp³-hybridized carbons (Fsp3) is 0.360. The number of carbonyl (C=O) groups excluding carboxylic acids is 1. The Bertz CT molecular complexity index is 1380. The second kappa shape index (κ2) is 7.95. The smallest absolute Gasteiger partial charge is 0.276 e. The van der Waals surface area contributed by atoms with E-state index in [2.05, 4.69) is 16.9 Å². The monoisotopic (exact) mass is 458 g/mol. The van der Waals surface area contributed by atoms with Gasteiger partial charge in [0.1, 0.15) is 11.3 Å². The summed E-state index contributed by atoms with van der Waals surface area (Å²) in [6, 6.07) is 8.08. The normalized spacial score (nSPS) is 17.9. The lowest BCUT2D eigenvalue weighted by Gasteiger charge is -2.38. The minimum atomic E-state index is -0.151. The molecule has 1 saturated heterocycles. The van der Waals surface area contributed by atoms with E-state index in [1.54, 1.807) is 15.7 Å². The zero-order valence-corrected chi connectivity index (χ0v) is 19.0. The maximum Gasteiger partial charge on any atom is 0.276 e. The van der Waals surface area contributed by atoms with Crippen LogP contribution in [0.2, 0.25) is 0 Å². The van der Waals surface area contributed by atoms with Crippen LogP contribution in [0.25, 0.3) is 11.0 Å². The van der Waals surface area contributed by atoms with Gasteiger partial charge in [-0.15, -0.1) is 0 Å². The number of amides is 1. The number of hydrogen-bond acceptors (Lipinski definition) is 7. The maximum absolute atomic E-state index is 13.9. The number of fused-ring (bicyclic) bond motifs is 2. The topological polar surface area (TPSA) is 92.6 Å². The Labute approximate surface area is 196 Å². The summed E-state index contributed by atoms with van der Waals surface area (Å²) in [5.74, 6) is 0.399. The molecule has 2 fully saturated rings. The first-order valence-electron chi connectivity index (χ1n) is 11.6. The highest BCUT2D eigenvalue weighted by atomic mass is 16.5. The number of pyridine rings is 1. The molecule has 2 aromatic heterocycles. The molecule has 1 N–H and O–H groups in total. The molecule has 1 amide bonds. The predicted octanol–water partition coefficient (Wildman–Crippen LogP) is 2.92. The number of nitrogens with zero attached hydrogens (tertiary/aromatic N) is 5. The molecule has 2 aliphatic heterocycles. The molecule has 0 unspecified atom stereocenters. The Kier molecular flexibility index (Phi) is 4.88. The van der Waals surface area contributed by atoms with Crippen LogP contribution in [0, 0.1) is 6.92 Å². The molecule has 4 heterocycles. The molecule has 1 aliphatic carbocycles. The molecule has 9 nitrogen and oxygen atoms in total. The van der Waals surface area contributed by atoms with E-state index in [-0.39, 0.29) is 17.5 Å². The summed E-state index contributed by atoms with van der Waals surface area (Å²) >= 11 is 0. The molecular formula is C25H26N6O3. The lowest BCUT2D eigenvalue weighted by molar-refractivity contribution is -0.114. The average Bonchev–Trinajstić information content (AvgIpc) is 3.63. The molecule has 174 valence electrons. The molecule has 3 aliphatic rings. The fourth-order valence-electron chi connectivity index (χ4n) is 4.72. The van der Waals surface area contributed by atoms with Crippen molar-refractivity contribution in [1.29, 1.82) is 0 Å². The van der Waals surface area contributed by atoms with Gasteiger partial charge in [0.05, 0.1) is 30.6 Å². The standard InChI is InChI=1S/C25H26N6O3/c1-3-21(32)30-10-9-29(19-6-4-5-15(2)22(19)30)20-11-16-12-26-25(27-17-7-8-17)28-23(16)31(24(20)33)18-13-34-14-18/h3-6,11-12,17-18H,1,7-10,13-14H2,2H3,(H,26,27,28). The molecule has 0 spiro atoms. The van der Waals surface area contributed by atoms with Crippen molar-refractivity contribution in [3.05, 3.63) is 59.0 Å². The molecule has 0 atom stereocenters. The van der Waals surface area contributed by atoms with E-state index in [0.29, 0.717) is 49.6 Å². The number of rotatable bonds is 5. The van der Waals surface area contributed by atoms with Gasteiger partial charge in [0.25, 0.3) is 11.5 Å². The van der Waals surface area contributed by atoms with Crippen LogP contribution >= 0.6 is 0 Å². The number of carbonyl (C=O) groups is 1. The quantitative estimate of drug-likeness (QED) is 0.588. The molecular weight excluding hydrogens is 432 g/mol. The van der Waals surface area contributed by atoms with Crippen molar-refractivity contribution in [2.45, 2.75) is 31.8 Å². The van der Waals surface area contributed by atoms with Crippen molar-refractivity contribution < 1.29 is 9.53 Å². The van der Waals surface area contributed by atoms with Crippen LogP contribution in [-0.2, 0) is 9.53 Å². The van der Waals surface area contributed by atoms with Crippen LogP contribution in [0.1, 0.15) is 24.4 Å². The number of para-hydroxylation sites is 1. The number of aryl methyl sites for hydroxylation is 1. The number of aromatic nitrogens is 3. The van der Waals surface area contributed by atoms with Crippen molar-refractivity contribution in [1.82, 2.24) is 14.5 Å². The van der Waals surface area contributed by atoms with Gasteiger partial charge >= 0.3 is 0 Å². The summed E-state index contributed by atoms with van der Waals surface area (Å²) < 4.78 is 7.18. The highest BCUT2D eigenvalue weighted by Gasteiger charge is 2.32. The van der Waals surface area contributed by atoms with Gasteiger partial charge in [0.2, 0.25) is 5.95 Å². The van der Waals surface area contributed by atoms with Crippen LogP contribution in [0.5, 0.6) is 0 Å². The largest absolute Gasteiger partial charge is 0.377 e. The van der Waals surface area contributed by atoms with Gasteiger partial charge in [-0.25, -0.2) is 4.98 Å². The number of anilines is 4. The van der Waals surface area contributed by atoms with Crippen molar-refractivity contribution in [2.75, 3.05) is 41.4 Å². The second-order valence-electron chi connectivity index (χ2n) is 9.08. The van der Waals surface area contributed by atoms with Gasteiger partial charge < -0.3 is 19.9 Å². The lowest BCUT2D eigenvalue weighted by atomic mass is 10.1. The van der Waals surface area contributed by atoms with E-state index in [9.17, 15) is 9.59 Å². The summed E-state index contributed by atoms with van der Waals surface area (Å²) in [6.07, 6.45) is 5.34. The molecule has 0 bridgehead atoms. The summed E-state index contributed by atoms with van der Waals surface area (Å²) in [6.45, 7) is 7.51. The van der Waals surface area contributed by atoms with Gasteiger partial charge in [-0.05, 0) is 43.5 Å². The Morgan fingerprint density at radius 1 is 1.24 bits per heavy atom. The maximum atomic E-state index is 13.9. The van der Waals surface area contributed by atoms with E-state index in [1.165, 1.54) is 6.08 Å². The minimum absolute atomic E-state index is 0.0702. The Hall–Kier alpha value is -3.72. The predicted molar refractivity (Wildman–Crippen MR) is 131 cm³/mol. The highest BCUT2D eigenvalue weighted by molar-refractivity contribution is 6.05. The molecule has 1 saturated carbocycles. The van der Waals surface area contributed by atoms with Crippen LogP contribution in [0.15, 0.2) is 47.9 Å². The molecule has 6 rings (SSSR count). The second-order valence-corrected chi connectivity index (χ2v) is 9.08. The zero-order valence-electron chi connectivity index (χ0n) is 19.0. The molecule has 0 radical (unpaired) electrons. The SMILES string of the molecule is C=CC(=O)N1CCN(c2cc3cnc(NC4CC4)nc3n(C3COC3)c2=O)c2cccc(C)c21. The van der Waals surface area contributed by atoms with Gasteiger partial charge in [-0.2, -0.15) is 4.98 Å². The van der Waals surface area contributed by atoms with Gasteiger partial charge in [0, 0.05) is 30.7 Å². The van der Waals surface area contributed by atoms with Crippen molar-refractivity contribution in [3.8, 4) is 0 Å². The third-order valence-electron chi connectivity index (χ3n) is 6.71. The lowest BCUT2D eigenvalue weighted by Crippen LogP contribution is -2.45. The number of nitrogens with one attached hydrogen (secondary N) is 1. The highest BCUT2D eigenvalue weighted by Crippen LogP contribution is 2.40. The van der Waals surface area contributed by atoms with Gasteiger partial charge in [0.15, 0.2) is 0 Å². The summed E-state index contributed by atoms with van der Waals surface area (Å²) in [5, 5.41) is 4.12. The van der Waals surface area contributed by atoms with E-state index in [1.807, 2.05) is 36.1 Å². The van der Waals surface area contributed by atoms with Crippen LogP contribution in [0.4, 0.5) is 23.0 Å². The first-order valence-corrected chi connectivity index (χ1v) is 11.6. The summed E-state index contributed by atoms with van der Waals surface area (Å²) in [7, 11) is 0. The molecule has 3 aromatic rings. The Balaban J connectivity index is 1.51. The number of benzene rings is 1. The van der Waals surface area contributed by atoms with E-state index in [0.717, 1.165) is 35.2 Å². The third-order valence-corrected chi connectivity index (χ3v) is 6.71. The van der Waals surface area contributed by atoms with Crippen LogP contribution in [-0.4, -0.2) is 52.8 Å². The molecule has 9 heteroatoms. The minimum Gasteiger partial charge on any atom is -0.377 e. The van der Waals surface area contributed by atoms with Crippen LogP contribution < -0.4 is 20.7 Å². The number of hydrogen-bond donors (Lipinski definition) is 1. The fourth-order valence-corrected chi connectivity index (χ4v) is 4.72. The van der Waals surface area contributed by atoms with E-state index < -0.39 is 0 Å². The van der Waals surface area contributed by atoms with Crippen molar-refractivity contribution in [3.63, 3.8) is 0 Å². The first kappa shape index (κ1) is 20.9. The third kappa shape index (κ3) is 3.35. The molecule has 1 aromatic carbocycles. The van der Waals surface area contributed by atoms with E-state index >= 15 is 0 Å². The van der Waals surface area contributed by atoms with Crippen molar-refractivity contribution in [2.24, 2.45) is 0 Å². The van der Waals surface area contributed by atoms with Crippen molar-refractivity contribution >= 4 is 40.0 Å².